The Morgan fingerprint density at radius 3 is 2.29 bits per heavy atom. The van der Waals surface area contributed by atoms with Crippen LogP contribution in [0.5, 0.6) is 0 Å². The molecular formula is C25H42O5Si. The predicted octanol–water partition coefficient (Wildman–Crippen LogP) is 6.22. The predicted molar refractivity (Wildman–Crippen MR) is 127 cm³/mol. The van der Waals surface area contributed by atoms with Crippen molar-refractivity contribution in [2.75, 3.05) is 13.9 Å². The molecule has 31 heavy (non-hydrogen) atoms. The van der Waals surface area contributed by atoms with Crippen molar-refractivity contribution in [2.24, 2.45) is 0 Å². The zero-order valence-electron chi connectivity index (χ0n) is 20.6. The zero-order chi connectivity index (χ0) is 23.3. The molecule has 0 radical (unpaired) electrons. The quantitative estimate of drug-likeness (QED) is 0.227. The van der Waals surface area contributed by atoms with Gasteiger partial charge in [-0.25, -0.2) is 0 Å². The Balaban J connectivity index is 2.45. The maximum absolute atomic E-state index is 6.98. The van der Waals surface area contributed by atoms with E-state index in [-0.39, 0.29) is 36.2 Å². The lowest BCUT2D eigenvalue weighted by Gasteiger charge is -2.42. The minimum Gasteiger partial charge on any atom is -0.407 e. The van der Waals surface area contributed by atoms with Crippen LogP contribution < -0.4 is 0 Å². The third-order valence-electron chi connectivity index (χ3n) is 6.24. The third-order valence-corrected chi connectivity index (χ3v) is 10.7. The minimum atomic E-state index is -2.10. The van der Waals surface area contributed by atoms with Crippen LogP contribution in [0.2, 0.25) is 18.1 Å². The van der Waals surface area contributed by atoms with E-state index >= 15 is 0 Å². The fraction of sp³-hybridized carbons (Fsp3) is 0.680. The molecule has 6 heteroatoms. The van der Waals surface area contributed by atoms with Gasteiger partial charge in [-0.2, -0.15) is 0 Å². The Morgan fingerprint density at radius 1 is 1.13 bits per heavy atom. The second-order valence-corrected chi connectivity index (χ2v) is 15.0. The summed E-state index contributed by atoms with van der Waals surface area (Å²) in [5, 5.41) is 0.0687. The zero-order valence-corrected chi connectivity index (χ0v) is 21.6. The molecule has 0 saturated carbocycles. The second-order valence-electron chi connectivity index (χ2n) is 10.3. The number of methoxy groups -OCH3 is 1. The lowest BCUT2D eigenvalue weighted by molar-refractivity contribution is -0.171. The highest BCUT2D eigenvalue weighted by atomic mass is 28.4. The standard InChI is InChI=1S/C25H42O5Si/c1-10-11-17-20(27-18-26-7)22-23(29-25(5,6)28-22)21(19-15-13-12-14-16-19)30-31(8,9)24(2,3)4/h10,12-16,20-23H,1,11,17-18H2,2-9H3/t20-,21-,22+,23+/m0/s1. The van der Waals surface area contributed by atoms with E-state index in [1.807, 2.05) is 38.1 Å². The van der Waals surface area contributed by atoms with Gasteiger partial charge < -0.3 is 23.4 Å². The van der Waals surface area contributed by atoms with Gasteiger partial charge in [0.25, 0.3) is 0 Å². The van der Waals surface area contributed by atoms with E-state index in [2.05, 4.69) is 52.6 Å². The van der Waals surface area contributed by atoms with Crippen LogP contribution in [0.3, 0.4) is 0 Å². The van der Waals surface area contributed by atoms with E-state index in [0.29, 0.717) is 0 Å². The van der Waals surface area contributed by atoms with Gasteiger partial charge >= 0.3 is 0 Å². The average molecular weight is 451 g/mol. The highest BCUT2D eigenvalue weighted by Crippen LogP contribution is 2.45. The highest BCUT2D eigenvalue weighted by molar-refractivity contribution is 6.74. The Morgan fingerprint density at radius 2 is 1.74 bits per heavy atom. The van der Waals surface area contributed by atoms with Gasteiger partial charge in [-0.05, 0) is 50.4 Å². The van der Waals surface area contributed by atoms with Gasteiger partial charge in [0.15, 0.2) is 14.1 Å². The van der Waals surface area contributed by atoms with Crippen molar-refractivity contribution in [2.45, 2.75) is 95.8 Å². The molecule has 1 aromatic carbocycles. The van der Waals surface area contributed by atoms with E-state index in [1.165, 1.54) is 0 Å². The first-order chi connectivity index (χ1) is 14.4. The van der Waals surface area contributed by atoms with Gasteiger partial charge in [-0.15, -0.1) is 6.58 Å². The number of hydrogen-bond acceptors (Lipinski definition) is 5. The van der Waals surface area contributed by atoms with Gasteiger partial charge in [0.2, 0.25) is 0 Å². The lowest BCUT2D eigenvalue weighted by Crippen LogP contribution is -2.47. The number of rotatable bonds is 11. The first-order valence-corrected chi connectivity index (χ1v) is 14.1. The molecule has 0 N–H and O–H groups in total. The average Bonchev–Trinajstić information content (AvgIpc) is 3.01. The molecule has 0 amide bonds. The summed E-state index contributed by atoms with van der Waals surface area (Å²) in [6.45, 7) is 19.3. The van der Waals surface area contributed by atoms with Crippen LogP contribution in [-0.4, -0.2) is 46.3 Å². The molecule has 0 unspecified atom stereocenters. The maximum Gasteiger partial charge on any atom is 0.193 e. The summed E-state index contributed by atoms with van der Waals surface area (Å²) in [7, 11) is -0.467. The Kier molecular flexibility index (Phi) is 9.08. The fourth-order valence-electron chi connectivity index (χ4n) is 3.58. The van der Waals surface area contributed by atoms with Gasteiger partial charge in [0.05, 0.1) is 12.2 Å². The van der Waals surface area contributed by atoms with E-state index in [9.17, 15) is 0 Å². The molecule has 176 valence electrons. The van der Waals surface area contributed by atoms with Crippen molar-refractivity contribution in [1.82, 2.24) is 0 Å². The SMILES string of the molecule is C=CCC[C@H](OCOC)[C@H]1OC(C)(C)O[C@@H]1[C@@H](O[Si](C)(C)C(C)(C)C)c1ccccc1. The van der Waals surface area contributed by atoms with Crippen LogP contribution in [0.15, 0.2) is 43.0 Å². The molecule has 2 rings (SSSR count). The smallest absolute Gasteiger partial charge is 0.193 e. The third kappa shape index (κ3) is 6.98. The second kappa shape index (κ2) is 10.7. The van der Waals surface area contributed by atoms with Crippen LogP contribution in [0.4, 0.5) is 0 Å². The van der Waals surface area contributed by atoms with E-state index in [4.69, 9.17) is 23.4 Å². The molecule has 4 atom stereocenters. The number of allylic oxidation sites excluding steroid dienone is 1. The Labute approximate surface area is 190 Å². The van der Waals surface area contributed by atoms with Crippen LogP contribution in [0.1, 0.15) is 59.1 Å². The molecule has 1 aromatic rings. The van der Waals surface area contributed by atoms with Crippen LogP contribution >= 0.6 is 0 Å². The van der Waals surface area contributed by atoms with Gasteiger partial charge in [0.1, 0.15) is 19.0 Å². The molecule has 1 aliphatic heterocycles. The van der Waals surface area contributed by atoms with E-state index in [1.54, 1.807) is 7.11 Å². The maximum atomic E-state index is 6.98. The molecule has 1 heterocycles. The van der Waals surface area contributed by atoms with Crippen molar-refractivity contribution in [1.29, 1.82) is 0 Å². The van der Waals surface area contributed by atoms with Gasteiger partial charge in [-0.3, -0.25) is 0 Å². The summed E-state index contributed by atoms with van der Waals surface area (Å²) in [4.78, 5) is 0. The molecule has 5 nitrogen and oxygen atoms in total. The summed E-state index contributed by atoms with van der Waals surface area (Å²) in [5.74, 6) is -0.734. The first-order valence-electron chi connectivity index (χ1n) is 11.2. The Bertz CT molecular complexity index is 683. The lowest BCUT2D eigenvalue weighted by atomic mass is 9.95. The summed E-state index contributed by atoms with van der Waals surface area (Å²) in [6, 6.07) is 10.3. The summed E-state index contributed by atoms with van der Waals surface area (Å²) < 4.78 is 31.2. The van der Waals surface area contributed by atoms with Crippen molar-refractivity contribution >= 4 is 8.32 Å². The number of ether oxygens (including phenoxy) is 4. The molecule has 1 fully saturated rings. The number of hydrogen-bond donors (Lipinski definition) is 0. The molecule has 0 aromatic heterocycles. The summed E-state index contributed by atoms with van der Waals surface area (Å²) in [5.41, 5.74) is 1.10. The highest BCUT2D eigenvalue weighted by Gasteiger charge is 2.51. The van der Waals surface area contributed by atoms with Crippen molar-refractivity contribution in [3.05, 3.63) is 48.6 Å². The normalized spacial score (nSPS) is 23.5. The van der Waals surface area contributed by atoms with Crippen molar-refractivity contribution in [3.63, 3.8) is 0 Å². The van der Waals surface area contributed by atoms with Crippen LogP contribution in [0, 0.1) is 0 Å². The summed E-state index contributed by atoms with van der Waals surface area (Å²) >= 11 is 0. The van der Waals surface area contributed by atoms with Gasteiger partial charge in [-0.1, -0.05) is 57.2 Å². The first kappa shape index (κ1) is 26.2. The molecular weight excluding hydrogens is 408 g/mol. The fourth-order valence-corrected chi connectivity index (χ4v) is 4.84. The molecule has 0 bridgehead atoms. The molecule has 0 spiro atoms. The largest absolute Gasteiger partial charge is 0.407 e. The minimum absolute atomic E-state index is 0.0687. The van der Waals surface area contributed by atoms with Crippen LogP contribution in [-0.2, 0) is 23.4 Å². The van der Waals surface area contributed by atoms with E-state index < -0.39 is 14.1 Å². The summed E-state index contributed by atoms with van der Waals surface area (Å²) in [6.07, 6.45) is 2.44. The van der Waals surface area contributed by atoms with Crippen LogP contribution in [0.25, 0.3) is 0 Å². The molecule has 0 aliphatic carbocycles. The van der Waals surface area contributed by atoms with E-state index in [0.717, 1.165) is 18.4 Å². The molecule has 1 saturated heterocycles. The van der Waals surface area contributed by atoms with Crippen molar-refractivity contribution < 1.29 is 23.4 Å². The number of benzene rings is 1. The van der Waals surface area contributed by atoms with Gasteiger partial charge in [0, 0.05) is 7.11 Å². The topological polar surface area (TPSA) is 46.2 Å². The monoisotopic (exact) mass is 450 g/mol. The van der Waals surface area contributed by atoms with Crippen molar-refractivity contribution in [3.8, 4) is 0 Å². The molecule has 1 aliphatic rings. The Hall–Kier alpha value is -1.02.